The van der Waals surface area contributed by atoms with Crippen LogP contribution in [0.15, 0.2) is 12.4 Å². The minimum absolute atomic E-state index is 0.690. The SMILES string of the molecule is CC.Cc1cc2c(n3cnnc13)CCC2C. The van der Waals surface area contributed by atoms with Gasteiger partial charge in [-0.3, -0.25) is 4.40 Å². The zero-order valence-electron chi connectivity index (χ0n) is 10.5. The Hall–Kier alpha value is -1.38. The quantitative estimate of drug-likeness (QED) is 0.678. The smallest absolute Gasteiger partial charge is 0.163 e. The third-order valence-corrected chi connectivity index (χ3v) is 3.24. The Kier molecular flexibility index (Phi) is 2.95. The first-order chi connectivity index (χ1) is 7.77. The summed E-state index contributed by atoms with van der Waals surface area (Å²) in [6.07, 6.45) is 4.25. The third kappa shape index (κ3) is 1.51. The maximum Gasteiger partial charge on any atom is 0.163 e. The molecule has 0 spiro atoms. The topological polar surface area (TPSA) is 30.2 Å². The van der Waals surface area contributed by atoms with Gasteiger partial charge in [-0.1, -0.05) is 26.8 Å². The maximum absolute atomic E-state index is 4.13. The van der Waals surface area contributed by atoms with E-state index in [0.29, 0.717) is 5.92 Å². The van der Waals surface area contributed by atoms with Gasteiger partial charge in [-0.25, -0.2) is 0 Å². The summed E-state index contributed by atoms with van der Waals surface area (Å²) < 4.78 is 2.15. The standard InChI is InChI=1S/C11H13N3.C2H6/c1-7-3-4-10-9(7)5-8(2)11-13-12-6-14(10)11;1-2/h5-7H,3-4H2,1-2H3;1-2H3. The summed E-state index contributed by atoms with van der Waals surface area (Å²) in [6.45, 7) is 8.40. The van der Waals surface area contributed by atoms with Crippen LogP contribution in [0.2, 0.25) is 0 Å². The van der Waals surface area contributed by atoms with Crippen LogP contribution >= 0.6 is 0 Å². The molecule has 0 aromatic carbocycles. The molecule has 0 radical (unpaired) electrons. The second-order valence-electron chi connectivity index (χ2n) is 4.19. The highest BCUT2D eigenvalue weighted by atomic mass is 15.2. The lowest BCUT2D eigenvalue weighted by molar-refractivity contribution is 0.744. The van der Waals surface area contributed by atoms with Crippen LogP contribution < -0.4 is 0 Å². The van der Waals surface area contributed by atoms with E-state index in [1.165, 1.54) is 23.2 Å². The van der Waals surface area contributed by atoms with Gasteiger partial charge < -0.3 is 0 Å². The van der Waals surface area contributed by atoms with E-state index in [-0.39, 0.29) is 0 Å². The molecule has 3 rings (SSSR count). The van der Waals surface area contributed by atoms with Crippen LogP contribution in [0.25, 0.3) is 5.65 Å². The van der Waals surface area contributed by atoms with Crippen molar-refractivity contribution in [3.63, 3.8) is 0 Å². The van der Waals surface area contributed by atoms with Gasteiger partial charge in [-0.2, -0.15) is 0 Å². The van der Waals surface area contributed by atoms with Gasteiger partial charge in [0.05, 0.1) is 0 Å². The fourth-order valence-electron chi connectivity index (χ4n) is 2.42. The second-order valence-corrected chi connectivity index (χ2v) is 4.19. The first kappa shape index (κ1) is 11.1. The van der Waals surface area contributed by atoms with Crippen molar-refractivity contribution in [1.29, 1.82) is 0 Å². The molecule has 0 aliphatic heterocycles. The number of aromatic nitrogens is 3. The monoisotopic (exact) mass is 217 g/mol. The summed E-state index contributed by atoms with van der Waals surface area (Å²) in [4.78, 5) is 0. The van der Waals surface area contributed by atoms with Gasteiger partial charge in [0.15, 0.2) is 5.65 Å². The van der Waals surface area contributed by atoms with Crippen LogP contribution in [0.1, 0.15) is 49.9 Å². The fraction of sp³-hybridized carbons (Fsp3) is 0.538. The maximum atomic E-state index is 4.13. The lowest BCUT2D eigenvalue weighted by Gasteiger charge is -2.07. The van der Waals surface area contributed by atoms with E-state index in [1.54, 1.807) is 0 Å². The second kappa shape index (κ2) is 4.24. The van der Waals surface area contributed by atoms with E-state index in [2.05, 4.69) is 34.5 Å². The Balaban J connectivity index is 0.000000457. The molecule has 0 fully saturated rings. The van der Waals surface area contributed by atoms with E-state index in [0.717, 1.165) is 12.1 Å². The Morgan fingerprint density at radius 1 is 1.38 bits per heavy atom. The number of nitrogens with zero attached hydrogens (tertiary/aromatic N) is 3. The lowest BCUT2D eigenvalue weighted by atomic mass is 10.0. The number of pyridine rings is 1. The number of rotatable bonds is 0. The molecule has 1 aliphatic rings. The summed E-state index contributed by atoms with van der Waals surface area (Å²) in [5.74, 6) is 0.690. The van der Waals surface area contributed by atoms with Crippen LogP contribution in [0.4, 0.5) is 0 Å². The van der Waals surface area contributed by atoms with Crippen LogP contribution in [0, 0.1) is 6.92 Å². The van der Waals surface area contributed by atoms with Gasteiger partial charge in [0.2, 0.25) is 0 Å². The zero-order chi connectivity index (χ0) is 11.7. The molecule has 3 heteroatoms. The van der Waals surface area contributed by atoms with Crippen LogP contribution in [0.3, 0.4) is 0 Å². The predicted molar refractivity (Wildman–Crippen MR) is 65.8 cm³/mol. The van der Waals surface area contributed by atoms with Crippen molar-refractivity contribution in [2.75, 3.05) is 0 Å². The summed E-state index contributed by atoms with van der Waals surface area (Å²) in [5.41, 5.74) is 5.13. The van der Waals surface area contributed by atoms with Crippen LogP contribution in [0.5, 0.6) is 0 Å². The third-order valence-electron chi connectivity index (χ3n) is 3.24. The Morgan fingerprint density at radius 2 is 2.12 bits per heavy atom. The molecule has 0 bridgehead atoms. The summed E-state index contributed by atoms with van der Waals surface area (Å²) in [7, 11) is 0. The summed E-state index contributed by atoms with van der Waals surface area (Å²) in [5, 5.41) is 8.11. The van der Waals surface area contributed by atoms with Crippen LogP contribution in [-0.2, 0) is 6.42 Å². The zero-order valence-corrected chi connectivity index (χ0v) is 10.5. The molecule has 2 heterocycles. The first-order valence-corrected chi connectivity index (χ1v) is 6.09. The van der Waals surface area contributed by atoms with Gasteiger partial charge in [0.1, 0.15) is 6.33 Å². The molecule has 86 valence electrons. The minimum atomic E-state index is 0.690. The Bertz CT molecular complexity index is 499. The van der Waals surface area contributed by atoms with E-state index in [9.17, 15) is 0 Å². The fourth-order valence-corrected chi connectivity index (χ4v) is 2.42. The predicted octanol–water partition coefficient (Wildman–Crippen LogP) is 3.11. The molecule has 16 heavy (non-hydrogen) atoms. The minimum Gasteiger partial charge on any atom is -0.285 e. The molecule has 1 unspecified atom stereocenters. The lowest BCUT2D eigenvalue weighted by Crippen LogP contribution is -1.98. The van der Waals surface area contributed by atoms with E-state index in [4.69, 9.17) is 0 Å². The average Bonchev–Trinajstić information content (AvgIpc) is 2.90. The Labute approximate surface area is 96.5 Å². The van der Waals surface area contributed by atoms with Gasteiger partial charge in [-0.15, -0.1) is 10.2 Å². The largest absolute Gasteiger partial charge is 0.285 e. The van der Waals surface area contributed by atoms with Crippen molar-refractivity contribution in [1.82, 2.24) is 14.6 Å². The molecule has 3 nitrogen and oxygen atoms in total. The van der Waals surface area contributed by atoms with Crippen molar-refractivity contribution < 1.29 is 0 Å². The van der Waals surface area contributed by atoms with Gasteiger partial charge in [0.25, 0.3) is 0 Å². The summed E-state index contributed by atoms with van der Waals surface area (Å²) in [6, 6.07) is 2.27. The van der Waals surface area contributed by atoms with Crippen molar-refractivity contribution >= 4 is 5.65 Å². The van der Waals surface area contributed by atoms with E-state index >= 15 is 0 Å². The van der Waals surface area contributed by atoms with Gasteiger partial charge in [-0.05, 0) is 36.8 Å². The highest BCUT2D eigenvalue weighted by Gasteiger charge is 2.22. The molecule has 0 saturated carbocycles. The number of hydrogen-bond donors (Lipinski definition) is 0. The molecule has 0 amide bonds. The van der Waals surface area contributed by atoms with Crippen molar-refractivity contribution in [2.45, 2.75) is 46.5 Å². The van der Waals surface area contributed by atoms with E-state index in [1.807, 2.05) is 20.2 Å². The number of aryl methyl sites for hydroxylation is 2. The Morgan fingerprint density at radius 3 is 2.88 bits per heavy atom. The van der Waals surface area contributed by atoms with Crippen molar-refractivity contribution in [3.8, 4) is 0 Å². The highest BCUT2D eigenvalue weighted by Crippen LogP contribution is 2.33. The van der Waals surface area contributed by atoms with Crippen molar-refractivity contribution in [2.24, 2.45) is 0 Å². The van der Waals surface area contributed by atoms with Gasteiger partial charge >= 0.3 is 0 Å². The molecule has 1 aliphatic carbocycles. The number of hydrogen-bond acceptors (Lipinski definition) is 2. The molecule has 1 atom stereocenters. The molecular formula is C13H19N3. The molecule has 2 aromatic heterocycles. The normalized spacial score (nSPS) is 18.1. The summed E-state index contributed by atoms with van der Waals surface area (Å²) >= 11 is 0. The molecular weight excluding hydrogens is 198 g/mol. The highest BCUT2D eigenvalue weighted by molar-refractivity contribution is 5.51. The molecule has 0 saturated heterocycles. The van der Waals surface area contributed by atoms with Gasteiger partial charge in [0, 0.05) is 5.69 Å². The van der Waals surface area contributed by atoms with Crippen molar-refractivity contribution in [3.05, 3.63) is 29.2 Å². The molecule has 0 N–H and O–H groups in total. The average molecular weight is 217 g/mol. The first-order valence-electron chi connectivity index (χ1n) is 6.09. The molecule has 2 aromatic rings. The van der Waals surface area contributed by atoms with E-state index < -0.39 is 0 Å². The van der Waals surface area contributed by atoms with Crippen LogP contribution in [-0.4, -0.2) is 14.6 Å². The number of fused-ring (bicyclic) bond motifs is 3.